The number of carbonyl (C=O) groups excluding carboxylic acids is 1. The Morgan fingerprint density at radius 1 is 1.03 bits per heavy atom. The summed E-state index contributed by atoms with van der Waals surface area (Å²) in [6.45, 7) is 3.85. The zero-order valence-corrected chi connectivity index (χ0v) is 18.3. The smallest absolute Gasteiger partial charge is 0.251 e. The van der Waals surface area contributed by atoms with Crippen molar-refractivity contribution in [2.24, 2.45) is 5.92 Å². The highest BCUT2D eigenvalue weighted by Crippen LogP contribution is 2.24. The molecule has 2 saturated heterocycles. The van der Waals surface area contributed by atoms with Crippen molar-refractivity contribution in [2.45, 2.75) is 25.5 Å². The lowest BCUT2D eigenvalue weighted by Gasteiger charge is -2.32. The summed E-state index contributed by atoms with van der Waals surface area (Å²) >= 11 is 1.90. The van der Waals surface area contributed by atoms with Gasteiger partial charge in [-0.2, -0.15) is 11.8 Å². The fourth-order valence-corrected chi connectivity index (χ4v) is 4.40. The van der Waals surface area contributed by atoms with Crippen molar-refractivity contribution < 1.29 is 14.3 Å². The maximum Gasteiger partial charge on any atom is 0.251 e. The lowest BCUT2D eigenvalue weighted by atomic mass is 9.96. The number of rotatable bonds is 8. The first-order valence-electron chi connectivity index (χ1n) is 10.7. The molecule has 160 valence electrons. The quantitative estimate of drug-likeness (QED) is 0.695. The molecule has 2 fully saturated rings. The molecular weight excluding hydrogens is 396 g/mol. The summed E-state index contributed by atoms with van der Waals surface area (Å²) in [6.07, 6.45) is 2.55. The molecule has 2 aliphatic rings. The molecule has 0 bridgehead atoms. The van der Waals surface area contributed by atoms with E-state index in [0.29, 0.717) is 17.6 Å². The highest BCUT2D eigenvalue weighted by molar-refractivity contribution is 8.00. The molecule has 5 nitrogen and oxygen atoms in total. The number of hydrogen-bond acceptors (Lipinski definition) is 5. The largest absolute Gasteiger partial charge is 0.497 e. The monoisotopic (exact) mass is 426 g/mol. The van der Waals surface area contributed by atoms with Gasteiger partial charge in [0, 0.05) is 30.2 Å². The highest BCUT2D eigenvalue weighted by atomic mass is 32.2. The number of hydrogen-bond donors (Lipinski definition) is 1. The SMILES string of the molecule is COc1ccc(CN2CCC(CNC(=O)c3ccc(OC4CSC4)cc3)CC2)cc1. The average molecular weight is 427 g/mol. The van der Waals surface area contributed by atoms with Crippen molar-refractivity contribution in [1.29, 1.82) is 0 Å². The van der Waals surface area contributed by atoms with E-state index in [0.717, 1.165) is 62.0 Å². The Morgan fingerprint density at radius 3 is 2.30 bits per heavy atom. The Kier molecular flexibility index (Phi) is 7.18. The molecule has 1 amide bonds. The van der Waals surface area contributed by atoms with Crippen LogP contribution in [0.25, 0.3) is 0 Å². The molecule has 2 aromatic rings. The van der Waals surface area contributed by atoms with E-state index in [1.54, 1.807) is 7.11 Å². The molecule has 2 aromatic carbocycles. The van der Waals surface area contributed by atoms with Gasteiger partial charge in [0.25, 0.3) is 5.91 Å². The van der Waals surface area contributed by atoms with E-state index in [1.165, 1.54) is 5.56 Å². The van der Waals surface area contributed by atoms with Gasteiger partial charge in [0.05, 0.1) is 7.11 Å². The summed E-state index contributed by atoms with van der Waals surface area (Å²) in [7, 11) is 1.69. The van der Waals surface area contributed by atoms with Crippen LogP contribution in [0.5, 0.6) is 11.5 Å². The Morgan fingerprint density at radius 2 is 1.70 bits per heavy atom. The molecule has 6 heteroatoms. The maximum absolute atomic E-state index is 12.5. The third-order valence-corrected chi connectivity index (χ3v) is 7.07. The molecule has 0 aromatic heterocycles. The predicted molar refractivity (Wildman–Crippen MR) is 122 cm³/mol. The number of ether oxygens (including phenoxy) is 2. The number of likely N-dealkylation sites (tertiary alicyclic amines) is 1. The van der Waals surface area contributed by atoms with E-state index in [2.05, 4.69) is 22.3 Å². The molecule has 30 heavy (non-hydrogen) atoms. The van der Waals surface area contributed by atoms with Gasteiger partial charge in [-0.1, -0.05) is 12.1 Å². The number of nitrogens with one attached hydrogen (secondary N) is 1. The van der Waals surface area contributed by atoms with Crippen LogP contribution in [0, 0.1) is 5.92 Å². The van der Waals surface area contributed by atoms with E-state index in [4.69, 9.17) is 9.47 Å². The maximum atomic E-state index is 12.5. The molecule has 0 radical (unpaired) electrons. The molecule has 1 N–H and O–H groups in total. The van der Waals surface area contributed by atoms with Gasteiger partial charge in [0.2, 0.25) is 0 Å². The Bertz CT molecular complexity index is 813. The van der Waals surface area contributed by atoms with E-state index < -0.39 is 0 Å². The van der Waals surface area contributed by atoms with Gasteiger partial charge in [-0.25, -0.2) is 0 Å². The summed E-state index contributed by atoms with van der Waals surface area (Å²) < 4.78 is 11.1. The van der Waals surface area contributed by atoms with Crippen LogP contribution < -0.4 is 14.8 Å². The topological polar surface area (TPSA) is 50.8 Å². The molecule has 2 heterocycles. The standard InChI is InChI=1S/C24H30N2O3S/c1-28-21-6-2-19(3-7-21)15-26-12-10-18(11-13-26)14-25-24(27)20-4-8-22(9-5-20)29-23-16-30-17-23/h2-9,18,23H,10-17H2,1H3,(H,25,27). The first-order valence-corrected chi connectivity index (χ1v) is 11.8. The number of thioether (sulfide) groups is 1. The first-order chi connectivity index (χ1) is 14.7. The molecule has 0 saturated carbocycles. The van der Waals surface area contributed by atoms with E-state index in [1.807, 2.05) is 48.2 Å². The van der Waals surface area contributed by atoms with Crippen molar-refractivity contribution in [3.63, 3.8) is 0 Å². The molecule has 0 atom stereocenters. The normalized spacial score (nSPS) is 17.9. The zero-order chi connectivity index (χ0) is 20.8. The number of methoxy groups -OCH3 is 1. The minimum atomic E-state index is 0.00131. The number of nitrogens with zero attached hydrogens (tertiary/aromatic N) is 1. The van der Waals surface area contributed by atoms with Gasteiger partial charge >= 0.3 is 0 Å². The Balaban J connectivity index is 1.17. The fraction of sp³-hybridized carbons (Fsp3) is 0.458. The number of amides is 1. The van der Waals surface area contributed by atoms with Crippen molar-refractivity contribution >= 4 is 17.7 Å². The molecule has 0 unspecified atom stereocenters. The fourth-order valence-electron chi connectivity index (χ4n) is 3.84. The Labute approximate surface area is 183 Å². The van der Waals surface area contributed by atoms with Crippen molar-refractivity contribution in [3.05, 3.63) is 59.7 Å². The molecule has 2 aliphatic heterocycles. The second kappa shape index (κ2) is 10.2. The lowest BCUT2D eigenvalue weighted by Crippen LogP contribution is -2.38. The van der Waals surface area contributed by atoms with Crippen LogP contribution in [0.4, 0.5) is 0 Å². The van der Waals surface area contributed by atoms with Crippen LogP contribution in [-0.2, 0) is 6.54 Å². The summed E-state index contributed by atoms with van der Waals surface area (Å²) in [5, 5.41) is 3.11. The van der Waals surface area contributed by atoms with Gasteiger partial charge in [-0.05, 0) is 73.8 Å². The first kappa shape index (κ1) is 21.1. The highest BCUT2D eigenvalue weighted by Gasteiger charge is 2.21. The van der Waals surface area contributed by atoms with Crippen molar-refractivity contribution in [3.8, 4) is 11.5 Å². The summed E-state index contributed by atoms with van der Waals surface area (Å²) in [5.74, 6) is 4.40. The second-order valence-electron chi connectivity index (χ2n) is 8.08. The summed E-state index contributed by atoms with van der Waals surface area (Å²) in [5.41, 5.74) is 2.01. The third-order valence-electron chi connectivity index (χ3n) is 5.85. The van der Waals surface area contributed by atoms with Crippen LogP contribution in [0.15, 0.2) is 48.5 Å². The number of carbonyl (C=O) groups is 1. The van der Waals surface area contributed by atoms with Gasteiger partial charge in [0.1, 0.15) is 17.6 Å². The van der Waals surface area contributed by atoms with Crippen LogP contribution in [0.1, 0.15) is 28.8 Å². The molecule has 0 spiro atoms. The zero-order valence-electron chi connectivity index (χ0n) is 17.5. The second-order valence-corrected chi connectivity index (χ2v) is 9.15. The molecular formula is C24H30N2O3S. The van der Waals surface area contributed by atoms with E-state index in [9.17, 15) is 4.79 Å². The van der Waals surface area contributed by atoms with Crippen LogP contribution in [0.2, 0.25) is 0 Å². The Hall–Kier alpha value is -2.18. The van der Waals surface area contributed by atoms with Gasteiger partial charge in [-0.15, -0.1) is 0 Å². The van der Waals surface area contributed by atoms with Crippen molar-refractivity contribution in [1.82, 2.24) is 10.2 Å². The predicted octanol–water partition coefficient (Wildman–Crippen LogP) is 3.83. The van der Waals surface area contributed by atoms with Gasteiger partial charge < -0.3 is 14.8 Å². The third kappa shape index (κ3) is 5.70. The van der Waals surface area contributed by atoms with Crippen LogP contribution in [-0.4, -0.2) is 55.2 Å². The minimum absolute atomic E-state index is 0.00131. The van der Waals surface area contributed by atoms with E-state index >= 15 is 0 Å². The summed E-state index contributed by atoms with van der Waals surface area (Å²) in [6, 6.07) is 15.8. The molecule has 0 aliphatic carbocycles. The minimum Gasteiger partial charge on any atom is -0.497 e. The lowest BCUT2D eigenvalue weighted by molar-refractivity contribution is 0.0935. The van der Waals surface area contributed by atoms with Gasteiger partial charge in [0.15, 0.2) is 0 Å². The molecule has 4 rings (SSSR count). The average Bonchev–Trinajstić information content (AvgIpc) is 2.76. The van der Waals surface area contributed by atoms with Gasteiger partial charge in [-0.3, -0.25) is 9.69 Å². The van der Waals surface area contributed by atoms with Crippen LogP contribution in [0.3, 0.4) is 0 Å². The van der Waals surface area contributed by atoms with E-state index in [-0.39, 0.29) is 5.91 Å². The van der Waals surface area contributed by atoms with Crippen molar-refractivity contribution in [2.75, 3.05) is 38.2 Å². The van der Waals surface area contributed by atoms with Crippen LogP contribution >= 0.6 is 11.8 Å². The number of benzene rings is 2. The number of piperidine rings is 1. The summed E-state index contributed by atoms with van der Waals surface area (Å²) in [4.78, 5) is 15.0.